The number of ether oxygens (including phenoxy) is 3. The molecule has 0 radical (unpaired) electrons. The zero-order chi connectivity index (χ0) is 18.1. The van der Waals surface area contributed by atoms with E-state index in [9.17, 15) is 4.79 Å². The normalized spacial score (nSPS) is 10.8. The summed E-state index contributed by atoms with van der Waals surface area (Å²) in [4.78, 5) is 15.1. The van der Waals surface area contributed by atoms with Gasteiger partial charge in [0.05, 0.1) is 25.8 Å². The summed E-state index contributed by atoms with van der Waals surface area (Å²) in [5.74, 6) is 1.48. The van der Waals surface area contributed by atoms with Crippen LogP contribution in [0.25, 0.3) is 10.9 Å². The lowest BCUT2D eigenvalue weighted by Crippen LogP contribution is -2.12. The molecule has 1 N–H and O–H groups in total. The van der Waals surface area contributed by atoms with E-state index in [4.69, 9.17) is 14.2 Å². The molecule has 0 unspecified atom stereocenters. The maximum absolute atomic E-state index is 12.3. The number of nitrogens with one attached hydrogen (secondary N) is 1. The van der Waals surface area contributed by atoms with Crippen molar-refractivity contribution >= 4 is 10.9 Å². The largest absolute Gasteiger partial charge is 0.494 e. The highest BCUT2D eigenvalue weighted by atomic mass is 16.5. The third-order valence-corrected chi connectivity index (χ3v) is 4.11. The molecule has 0 fully saturated rings. The van der Waals surface area contributed by atoms with Crippen molar-refractivity contribution in [1.29, 1.82) is 0 Å². The van der Waals surface area contributed by atoms with Gasteiger partial charge in [0.2, 0.25) is 5.75 Å². The molecule has 1 aromatic heterocycles. The Balaban J connectivity index is 2.22. The minimum absolute atomic E-state index is 0.219. The number of hydrogen-bond acceptors (Lipinski definition) is 4. The van der Waals surface area contributed by atoms with Crippen molar-refractivity contribution in [3.8, 4) is 17.2 Å². The van der Waals surface area contributed by atoms with Gasteiger partial charge in [-0.05, 0) is 25.0 Å². The van der Waals surface area contributed by atoms with E-state index in [0.717, 1.165) is 30.4 Å². The number of pyridine rings is 1. The van der Waals surface area contributed by atoms with E-state index < -0.39 is 0 Å². The second-order valence-electron chi connectivity index (χ2n) is 6.14. The van der Waals surface area contributed by atoms with Gasteiger partial charge in [-0.1, -0.05) is 39.5 Å². The summed E-state index contributed by atoms with van der Waals surface area (Å²) in [6.45, 7) is 5.53. The van der Waals surface area contributed by atoms with Gasteiger partial charge in [-0.2, -0.15) is 0 Å². The molecule has 2 rings (SSSR count). The van der Waals surface area contributed by atoms with Crippen molar-refractivity contribution in [3.05, 3.63) is 28.6 Å². The Hall–Kier alpha value is -2.17. The van der Waals surface area contributed by atoms with Gasteiger partial charge in [0.15, 0.2) is 5.75 Å². The van der Waals surface area contributed by atoms with Gasteiger partial charge in [0.1, 0.15) is 5.75 Å². The Kier molecular flexibility index (Phi) is 7.64. The first-order chi connectivity index (χ1) is 12.2. The molecule has 0 amide bonds. The second-order valence-corrected chi connectivity index (χ2v) is 6.14. The number of unbranched alkanes of at least 4 members (excludes halogenated alkanes) is 4. The molecule has 5 heteroatoms. The summed E-state index contributed by atoms with van der Waals surface area (Å²) in [6.07, 6.45) is 6.60. The Morgan fingerprint density at radius 1 is 0.920 bits per heavy atom. The highest BCUT2D eigenvalue weighted by Crippen LogP contribution is 2.33. The van der Waals surface area contributed by atoms with Gasteiger partial charge in [0, 0.05) is 11.5 Å². The SMILES string of the molecule is CCCCCCOc1ccc2c(OCCCC)c(OC)c(=O)[nH]c2c1. The molecule has 0 aliphatic heterocycles. The van der Waals surface area contributed by atoms with Crippen molar-refractivity contribution in [2.75, 3.05) is 20.3 Å². The van der Waals surface area contributed by atoms with Crippen molar-refractivity contribution in [3.63, 3.8) is 0 Å². The Morgan fingerprint density at radius 3 is 2.40 bits per heavy atom. The van der Waals surface area contributed by atoms with Crippen LogP contribution in [0.5, 0.6) is 17.2 Å². The molecule has 1 heterocycles. The van der Waals surface area contributed by atoms with Crippen LogP contribution in [-0.2, 0) is 0 Å². The third-order valence-electron chi connectivity index (χ3n) is 4.11. The predicted octanol–water partition coefficient (Wildman–Crippen LogP) is 4.67. The van der Waals surface area contributed by atoms with Crippen LogP contribution in [0.1, 0.15) is 52.4 Å². The standard InChI is InChI=1S/C20H29NO4/c1-4-6-8-9-13-24-15-10-11-16-17(14-15)21-20(22)19(23-3)18(16)25-12-7-5-2/h10-11,14H,4-9,12-13H2,1-3H3,(H,21,22). The van der Waals surface area contributed by atoms with Crippen LogP contribution in [0.15, 0.2) is 23.0 Å². The number of aromatic nitrogens is 1. The number of hydrogen-bond donors (Lipinski definition) is 1. The van der Waals surface area contributed by atoms with Gasteiger partial charge in [-0.25, -0.2) is 0 Å². The zero-order valence-corrected chi connectivity index (χ0v) is 15.5. The summed E-state index contributed by atoms with van der Waals surface area (Å²) in [5.41, 5.74) is 0.407. The average Bonchev–Trinajstić information content (AvgIpc) is 2.61. The van der Waals surface area contributed by atoms with E-state index in [1.807, 2.05) is 18.2 Å². The number of aromatic amines is 1. The molecule has 2 aromatic rings. The van der Waals surface area contributed by atoms with Crippen molar-refractivity contribution < 1.29 is 14.2 Å². The number of benzene rings is 1. The molecule has 0 aliphatic rings. The summed E-state index contributed by atoms with van der Waals surface area (Å²) < 4.78 is 16.9. The fourth-order valence-corrected chi connectivity index (χ4v) is 2.69. The molecule has 0 spiro atoms. The zero-order valence-electron chi connectivity index (χ0n) is 15.5. The molecule has 25 heavy (non-hydrogen) atoms. The van der Waals surface area contributed by atoms with Gasteiger partial charge in [-0.3, -0.25) is 4.79 Å². The maximum atomic E-state index is 12.3. The predicted molar refractivity (Wildman–Crippen MR) is 101 cm³/mol. The summed E-state index contributed by atoms with van der Waals surface area (Å²) in [6, 6.07) is 5.67. The molecular weight excluding hydrogens is 318 g/mol. The molecular formula is C20H29NO4. The second kappa shape index (κ2) is 9.97. The first kappa shape index (κ1) is 19.2. The number of rotatable bonds is 11. The van der Waals surface area contributed by atoms with E-state index in [0.29, 0.717) is 24.5 Å². The fourth-order valence-electron chi connectivity index (χ4n) is 2.69. The van der Waals surface area contributed by atoms with Crippen molar-refractivity contribution in [2.45, 2.75) is 52.4 Å². The quantitative estimate of drug-likeness (QED) is 0.600. The Morgan fingerprint density at radius 2 is 1.68 bits per heavy atom. The molecule has 0 bridgehead atoms. The highest BCUT2D eigenvalue weighted by molar-refractivity contribution is 5.88. The van der Waals surface area contributed by atoms with Crippen LogP contribution in [0.2, 0.25) is 0 Å². The summed E-state index contributed by atoms with van der Waals surface area (Å²) in [7, 11) is 1.48. The lowest BCUT2D eigenvalue weighted by molar-refractivity contribution is 0.290. The van der Waals surface area contributed by atoms with Crippen molar-refractivity contribution in [2.24, 2.45) is 0 Å². The first-order valence-electron chi connectivity index (χ1n) is 9.20. The number of H-pyrrole nitrogens is 1. The number of methoxy groups -OCH3 is 1. The molecule has 1 aromatic carbocycles. The monoisotopic (exact) mass is 347 g/mol. The molecule has 0 aliphatic carbocycles. The molecule has 5 nitrogen and oxygen atoms in total. The van der Waals surface area contributed by atoms with Gasteiger partial charge in [-0.15, -0.1) is 0 Å². The molecule has 138 valence electrons. The van der Waals surface area contributed by atoms with Gasteiger partial charge in [0.25, 0.3) is 5.56 Å². The van der Waals surface area contributed by atoms with Gasteiger partial charge < -0.3 is 19.2 Å². The summed E-state index contributed by atoms with van der Waals surface area (Å²) >= 11 is 0. The topological polar surface area (TPSA) is 60.6 Å². The fraction of sp³-hybridized carbons (Fsp3) is 0.550. The van der Waals surface area contributed by atoms with Crippen LogP contribution in [0, 0.1) is 0 Å². The summed E-state index contributed by atoms with van der Waals surface area (Å²) in [5, 5.41) is 0.825. The third kappa shape index (κ3) is 5.15. The Labute approximate surface area is 149 Å². The van der Waals surface area contributed by atoms with E-state index in [-0.39, 0.29) is 11.3 Å². The van der Waals surface area contributed by atoms with Crippen LogP contribution < -0.4 is 19.8 Å². The molecule has 0 atom stereocenters. The lowest BCUT2D eigenvalue weighted by atomic mass is 10.2. The number of fused-ring (bicyclic) bond motifs is 1. The van der Waals surface area contributed by atoms with E-state index in [2.05, 4.69) is 18.8 Å². The highest BCUT2D eigenvalue weighted by Gasteiger charge is 2.15. The van der Waals surface area contributed by atoms with Crippen molar-refractivity contribution in [1.82, 2.24) is 4.98 Å². The van der Waals surface area contributed by atoms with Gasteiger partial charge >= 0.3 is 0 Å². The van der Waals surface area contributed by atoms with Crippen LogP contribution in [0.4, 0.5) is 0 Å². The van der Waals surface area contributed by atoms with E-state index >= 15 is 0 Å². The average molecular weight is 347 g/mol. The lowest BCUT2D eigenvalue weighted by Gasteiger charge is -2.13. The molecule has 0 saturated heterocycles. The van der Waals surface area contributed by atoms with Crippen LogP contribution in [-0.4, -0.2) is 25.3 Å². The maximum Gasteiger partial charge on any atom is 0.294 e. The Bertz CT molecular complexity index is 723. The minimum atomic E-state index is -0.290. The van der Waals surface area contributed by atoms with E-state index in [1.165, 1.54) is 26.4 Å². The van der Waals surface area contributed by atoms with Crippen LogP contribution in [0.3, 0.4) is 0 Å². The first-order valence-corrected chi connectivity index (χ1v) is 9.20. The van der Waals surface area contributed by atoms with E-state index in [1.54, 1.807) is 0 Å². The van der Waals surface area contributed by atoms with Crippen LogP contribution >= 0.6 is 0 Å². The molecule has 0 saturated carbocycles. The minimum Gasteiger partial charge on any atom is -0.494 e. The smallest absolute Gasteiger partial charge is 0.294 e.